The third-order valence-corrected chi connectivity index (χ3v) is 4.64. The Labute approximate surface area is 118 Å². The molecular formula is C16H26O2Si. The Morgan fingerprint density at radius 3 is 2.79 bits per heavy atom. The summed E-state index contributed by atoms with van der Waals surface area (Å²) in [4.78, 5) is 0. The summed E-state index contributed by atoms with van der Waals surface area (Å²) in [6, 6.07) is 2.07. The molecule has 0 aliphatic heterocycles. The molecule has 3 heteroatoms. The number of aryl methyl sites for hydroxylation is 1. The lowest BCUT2D eigenvalue weighted by Crippen LogP contribution is -2.27. The molecule has 1 aliphatic carbocycles. The van der Waals surface area contributed by atoms with Crippen LogP contribution in [0.25, 0.3) is 0 Å². The predicted molar refractivity (Wildman–Crippen MR) is 81.4 cm³/mol. The first-order valence-corrected chi connectivity index (χ1v) is 10.8. The van der Waals surface area contributed by atoms with Gasteiger partial charge < -0.3 is 8.84 Å². The molecule has 0 saturated carbocycles. The third-order valence-electron chi connectivity index (χ3n) is 3.76. The van der Waals surface area contributed by atoms with Gasteiger partial charge in [-0.3, -0.25) is 0 Å². The van der Waals surface area contributed by atoms with Crippen molar-refractivity contribution in [2.45, 2.75) is 52.2 Å². The summed E-state index contributed by atoms with van der Waals surface area (Å²) in [5, 5.41) is 0. The van der Waals surface area contributed by atoms with Gasteiger partial charge in [-0.25, -0.2) is 0 Å². The smallest absolute Gasteiger partial charge is 0.241 e. The molecule has 0 amide bonds. The number of hydrogen-bond acceptors (Lipinski definition) is 2. The Morgan fingerprint density at radius 2 is 2.16 bits per heavy atom. The van der Waals surface area contributed by atoms with Gasteiger partial charge in [0, 0.05) is 6.42 Å². The Hall–Kier alpha value is -0.963. The van der Waals surface area contributed by atoms with Crippen molar-refractivity contribution in [2.75, 3.05) is 0 Å². The van der Waals surface area contributed by atoms with Gasteiger partial charge in [-0.1, -0.05) is 6.92 Å². The number of furan rings is 1. The summed E-state index contributed by atoms with van der Waals surface area (Å²) >= 11 is 0. The first-order valence-electron chi connectivity index (χ1n) is 7.35. The van der Waals surface area contributed by atoms with Crippen LogP contribution >= 0.6 is 0 Å². The largest absolute Gasteiger partial charge is 0.548 e. The third kappa shape index (κ3) is 4.57. The molecule has 1 heterocycles. The molecule has 0 aromatic carbocycles. The van der Waals surface area contributed by atoms with Crippen LogP contribution in [0.5, 0.6) is 0 Å². The summed E-state index contributed by atoms with van der Waals surface area (Å²) in [6.07, 6.45) is 10.7. The highest BCUT2D eigenvalue weighted by Gasteiger charge is 2.25. The summed E-state index contributed by atoms with van der Waals surface area (Å²) in [5.41, 5.74) is 1.30. The van der Waals surface area contributed by atoms with Crippen LogP contribution in [-0.2, 0) is 10.8 Å². The zero-order valence-corrected chi connectivity index (χ0v) is 13.6. The lowest BCUT2D eigenvalue weighted by molar-refractivity contribution is 0.296. The summed E-state index contributed by atoms with van der Waals surface area (Å²) in [7, 11) is -1.46. The van der Waals surface area contributed by atoms with Crippen molar-refractivity contribution in [3.05, 3.63) is 36.0 Å². The highest BCUT2D eigenvalue weighted by Crippen LogP contribution is 2.33. The average Bonchev–Trinajstić information content (AvgIpc) is 2.81. The van der Waals surface area contributed by atoms with Gasteiger partial charge in [0.15, 0.2) is 0 Å². The molecular weight excluding hydrogens is 252 g/mol. The Balaban J connectivity index is 1.95. The molecule has 0 radical (unpaired) electrons. The van der Waals surface area contributed by atoms with Crippen molar-refractivity contribution in [3.63, 3.8) is 0 Å². The lowest BCUT2D eigenvalue weighted by Gasteiger charge is -2.31. The minimum absolute atomic E-state index is 0.648. The summed E-state index contributed by atoms with van der Waals surface area (Å²) < 4.78 is 11.3. The van der Waals surface area contributed by atoms with Gasteiger partial charge in [-0.2, -0.15) is 0 Å². The van der Waals surface area contributed by atoms with E-state index in [2.05, 4.69) is 38.7 Å². The molecule has 1 aromatic heterocycles. The van der Waals surface area contributed by atoms with Gasteiger partial charge in [-0.05, 0) is 68.4 Å². The molecule has 1 aromatic rings. The van der Waals surface area contributed by atoms with E-state index in [9.17, 15) is 0 Å². The second-order valence-electron chi connectivity index (χ2n) is 6.70. The van der Waals surface area contributed by atoms with Gasteiger partial charge in [-0.15, -0.1) is 0 Å². The zero-order valence-electron chi connectivity index (χ0n) is 12.6. The maximum absolute atomic E-state index is 6.18. The lowest BCUT2D eigenvalue weighted by atomic mass is 9.81. The van der Waals surface area contributed by atoms with E-state index in [0.717, 1.165) is 18.8 Å². The summed E-state index contributed by atoms with van der Waals surface area (Å²) in [6.45, 7) is 9.13. The molecule has 0 bridgehead atoms. The minimum atomic E-state index is -1.46. The first-order chi connectivity index (χ1) is 8.94. The van der Waals surface area contributed by atoms with E-state index < -0.39 is 8.32 Å². The monoisotopic (exact) mass is 278 g/mol. The van der Waals surface area contributed by atoms with E-state index in [1.807, 2.05) is 6.26 Å². The summed E-state index contributed by atoms with van der Waals surface area (Å²) in [5.74, 6) is 2.66. The van der Waals surface area contributed by atoms with E-state index in [1.54, 1.807) is 6.26 Å². The highest BCUT2D eigenvalue weighted by molar-refractivity contribution is 6.70. The minimum Gasteiger partial charge on any atom is -0.548 e. The fourth-order valence-electron chi connectivity index (χ4n) is 2.68. The maximum Gasteiger partial charge on any atom is 0.241 e. The van der Waals surface area contributed by atoms with E-state index in [-0.39, 0.29) is 0 Å². The second kappa shape index (κ2) is 5.99. The van der Waals surface area contributed by atoms with E-state index >= 15 is 0 Å². The van der Waals surface area contributed by atoms with Gasteiger partial charge in [0.1, 0.15) is 0 Å². The molecule has 106 valence electrons. The second-order valence-corrected chi connectivity index (χ2v) is 11.1. The normalized spacial score (nSPS) is 24.1. The van der Waals surface area contributed by atoms with Crippen LogP contribution in [0.3, 0.4) is 0 Å². The topological polar surface area (TPSA) is 22.4 Å². The fraction of sp³-hybridized carbons (Fsp3) is 0.625. The Morgan fingerprint density at radius 1 is 1.37 bits per heavy atom. The van der Waals surface area contributed by atoms with Crippen LogP contribution < -0.4 is 0 Å². The van der Waals surface area contributed by atoms with Gasteiger partial charge >= 0.3 is 0 Å². The van der Waals surface area contributed by atoms with Gasteiger partial charge in [0.2, 0.25) is 8.32 Å². The van der Waals surface area contributed by atoms with Crippen LogP contribution in [0.4, 0.5) is 0 Å². The fourth-order valence-corrected chi connectivity index (χ4v) is 3.64. The van der Waals surface area contributed by atoms with Crippen LogP contribution in [0.2, 0.25) is 19.6 Å². The molecule has 0 spiro atoms. The maximum atomic E-state index is 6.18. The van der Waals surface area contributed by atoms with Crippen molar-refractivity contribution in [3.8, 4) is 0 Å². The first kappa shape index (κ1) is 14.4. The standard InChI is InChI=1S/C16H26O2Si/c1-13-5-8-16(18-19(2,3)4)11-15(13)7-6-14-9-10-17-12-14/h9-13,15H,5-8H2,1-4H3/t13-,15-/m1/s1. The molecule has 0 N–H and O–H groups in total. The van der Waals surface area contributed by atoms with E-state index in [4.69, 9.17) is 8.84 Å². The molecule has 0 saturated heterocycles. The average molecular weight is 278 g/mol. The highest BCUT2D eigenvalue weighted by atomic mass is 28.4. The van der Waals surface area contributed by atoms with Crippen LogP contribution in [0.15, 0.2) is 34.8 Å². The quantitative estimate of drug-likeness (QED) is 0.708. The predicted octanol–water partition coefficient (Wildman–Crippen LogP) is 4.99. The Bertz CT molecular complexity index is 414. The molecule has 1 aliphatic rings. The molecule has 0 fully saturated rings. The molecule has 2 rings (SSSR count). The number of allylic oxidation sites excluding steroid dienone is 2. The van der Waals surface area contributed by atoms with Crippen molar-refractivity contribution in [2.24, 2.45) is 11.8 Å². The Kier molecular flexibility index (Phi) is 4.56. The molecule has 2 atom stereocenters. The van der Waals surface area contributed by atoms with Crippen molar-refractivity contribution in [1.29, 1.82) is 0 Å². The van der Waals surface area contributed by atoms with Crippen LogP contribution in [0, 0.1) is 11.8 Å². The van der Waals surface area contributed by atoms with Crippen molar-refractivity contribution >= 4 is 8.32 Å². The van der Waals surface area contributed by atoms with Crippen LogP contribution in [0.1, 0.15) is 31.7 Å². The van der Waals surface area contributed by atoms with Gasteiger partial charge in [0.05, 0.1) is 18.3 Å². The molecule has 19 heavy (non-hydrogen) atoms. The SMILES string of the molecule is C[C@@H]1CCC(O[Si](C)(C)C)=C[C@H]1CCc1ccoc1. The molecule has 2 nitrogen and oxygen atoms in total. The van der Waals surface area contributed by atoms with E-state index in [1.165, 1.54) is 24.2 Å². The van der Waals surface area contributed by atoms with Crippen LogP contribution in [-0.4, -0.2) is 8.32 Å². The van der Waals surface area contributed by atoms with Crippen molar-refractivity contribution in [1.82, 2.24) is 0 Å². The zero-order chi connectivity index (χ0) is 13.9. The van der Waals surface area contributed by atoms with Gasteiger partial charge in [0.25, 0.3) is 0 Å². The van der Waals surface area contributed by atoms with E-state index in [0.29, 0.717) is 5.92 Å². The van der Waals surface area contributed by atoms with Crippen molar-refractivity contribution < 1.29 is 8.84 Å². The number of hydrogen-bond donors (Lipinski definition) is 0. The number of rotatable bonds is 5. The molecule has 0 unspecified atom stereocenters.